The lowest BCUT2D eigenvalue weighted by atomic mass is 10.0. The summed E-state index contributed by atoms with van der Waals surface area (Å²) >= 11 is 0. The highest BCUT2D eigenvalue weighted by molar-refractivity contribution is 6.15. The fraction of sp³-hybridized carbons (Fsp3) is 0.385. The van der Waals surface area contributed by atoms with Crippen molar-refractivity contribution in [2.45, 2.75) is 27.2 Å². The van der Waals surface area contributed by atoms with Crippen molar-refractivity contribution in [3.05, 3.63) is 29.8 Å². The van der Waals surface area contributed by atoms with E-state index in [0.717, 1.165) is 23.4 Å². The fourth-order valence-corrected chi connectivity index (χ4v) is 1.94. The van der Waals surface area contributed by atoms with E-state index in [1.807, 2.05) is 45.0 Å². The lowest BCUT2D eigenvalue weighted by Crippen LogP contribution is -2.25. The minimum atomic E-state index is -0.0791. The topological polar surface area (TPSA) is 32.7 Å². The van der Waals surface area contributed by atoms with Gasteiger partial charge in [-0.05, 0) is 31.9 Å². The summed E-state index contributed by atoms with van der Waals surface area (Å²) in [7, 11) is 0. The molecule has 1 aromatic rings. The quantitative estimate of drug-likeness (QED) is 0.748. The second-order valence-corrected chi connectivity index (χ2v) is 4.10. The molecule has 0 bridgehead atoms. The SMILES string of the molecule is CCC1=NN(c2ccccc2C)C(=O)C1C. The number of anilines is 1. The predicted molar refractivity (Wildman–Crippen MR) is 65.6 cm³/mol. The van der Waals surface area contributed by atoms with Crippen molar-refractivity contribution < 1.29 is 4.79 Å². The molecule has 2 rings (SSSR count). The van der Waals surface area contributed by atoms with E-state index in [4.69, 9.17) is 0 Å². The van der Waals surface area contributed by atoms with Crippen LogP contribution in [0, 0.1) is 12.8 Å². The van der Waals surface area contributed by atoms with Crippen LogP contribution in [-0.2, 0) is 4.79 Å². The average Bonchev–Trinajstić information content (AvgIpc) is 2.57. The molecular weight excluding hydrogens is 200 g/mol. The van der Waals surface area contributed by atoms with Crippen molar-refractivity contribution in [1.82, 2.24) is 0 Å². The summed E-state index contributed by atoms with van der Waals surface area (Å²) in [6.45, 7) is 5.94. The molecule has 0 fully saturated rings. The fourth-order valence-electron chi connectivity index (χ4n) is 1.94. The molecule has 1 aliphatic heterocycles. The van der Waals surface area contributed by atoms with Gasteiger partial charge in [-0.25, -0.2) is 0 Å². The van der Waals surface area contributed by atoms with Gasteiger partial charge in [-0.2, -0.15) is 10.1 Å². The van der Waals surface area contributed by atoms with Crippen LogP contribution in [0.25, 0.3) is 0 Å². The molecule has 1 amide bonds. The molecule has 0 saturated heterocycles. The Bertz CT molecular complexity index is 451. The highest BCUT2D eigenvalue weighted by Crippen LogP contribution is 2.27. The van der Waals surface area contributed by atoms with Crippen molar-refractivity contribution in [3.63, 3.8) is 0 Å². The zero-order chi connectivity index (χ0) is 11.7. The Kier molecular flexibility index (Phi) is 2.77. The summed E-state index contributed by atoms with van der Waals surface area (Å²) in [5.41, 5.74) is 2.93. The molecular formula is C13H16N2O. The Labute approximate surface area is 95.8 Å². The molecule has 3 heteroatoms. The molecule has 1 heterocycles. The first-order chi connectivity index (χ1) is 7.65. The minimum Gasteiger partial charge on any atom is -0.272 e. The Balaban J connectivity index is 2.40. The first-order valence-electron chi connectivity index (χ1n) is 5.62. The van der Waals surface area contributed by atoms with Crippen LogP contribution in [0.2, 0.25) is 0 Å². The number of hydrogen-bond donors (Lipinski definition) is 0. The second-order valence-electron chi connectivity index (χ2n) is 4.10. The van der Waals surface area contributed by atoms with E-state index < -0.39 is 0 Å². The summed E-state index contributed by atoms with van der Waals surface area (Å²) in [4.78, 5) is 12.0. The summed E-state index contributed by atoms with van der Waals surface area (Å²) in [6.07, 6.45) is 0.829. The Hall–Kier alpha value is -1.64. The normalized spacial score (nSPS) is 20.2. The maximum atomic E-state index is 12.0. The van der Waals surface area contributed by atoms with Crippen LogP contribution in [0.5, 0.6) is 0 Å². The van der Waals surface area contributed by atoms with Gasteiger partial charge in [-0.3, -0.25) is 4.79 Å². The first kappa shape index (κ1) is 10.9. The number of nitrogens with zero attached hydrogens (tertiary/aromatic N) is 2. The van der Waals surface area contributed by atoms with Gasteiger partial charge in [-0.1, -0.05) is 25.1 Å². The first-order valence-corrected chi connectivity index (χ1v) is 5.62. The van der Waals surface area contributed by atoms with Crippen molar-refractivity contribution in [2.24, 2.45) is 11.0 Å². The molecule has 0 radical (unpaired) electrons. The molecule has 1 aromatic carbocycles. The number of rotatable bonds is 2. The van der Waals surface area contributed by atoms with E-state index in [9.17, 15) is 4.79 Å². The van der Waals surface area contributed by atoms with Gasteiger partial charge >= 0.3 is 0 Å². The lowest BCUT2D eigenvalue weighted by molar-refractivity contribution is -0.119. The number of amides is 1. The summed E-state index contributed by atoms with van der Waals surface area (Å²) in [6, 6.07) is 7.82. The van der Waals surface area contributed by atoms with E-state index in [-0.39, 0.29) is 11.8 Å². The zero-order valence-corrected chi connectivity index (χ0v) is 9.90. The molecule has 1 atom stereocenters. The number of hydrazone groups is 1. The number of para-hydroxylation sites is 1. The molecule has 0 N–H and O–H groups in total. The zero-order valence-electron chi connectivity index (χ0n) is 9.90. The second kappa shape index (κ2) is 4.08. The van der Waals surface area contributed by atoms with Gasteiger partial charge < -0.3 is 0 Å². The van der Waals surface area contributed by atoms with Crippen molar-refractivity contribution >= 4 is 17.3 Å². The standard InChI is InChI=1S/C13H16N2O/c1-4-11-10(3)13(16)15(14-11)12-8-6-5-7-9(12)2/h5-8,10H,4H2,1-3H3. The predicted octanol–water partition coefficient (Wildman–Crippen LogP) is 2.74. The maximum Gasteiger partial charge on any atom is 0.255 e. The third kappa shape index (κ3) is 1.62. The third-order valence-corrected chi connectivity index (χ3v) is 3.01. The van der Waals surface area contributed by atoms with Gasteiger partial charge in [0, 0.05) is 0 Å². The van der Waals surface area contributed by atoms with Crippen molar-refractivity contribution in [2.75, 3.05) is 5.01 Å². The third-order valence-electron chi connectivity index (χ3n) is 3.01. The average molecular weight is 216 g/mol. The van der Waals surface area contributed by atoms with Crippen LogP contribution in [0.4, 0.5) is 5.69 Å². The number of carbonyl (C=O) groups excluding carboxylic acids is 1. The molecule has 0 aromatic heterocycles. The molecule has 1 aliphatic rings. The number of carbonyl (C=O) groups is 1. The molecule has 16 heavy (non-hydrogen) atoms. The van der Waals surface area contributed by atoms with Crippen LogP contribution >= 0.6 is 0 Å². The van der Waals surface area contributed by atoms with Crippen molar-refractivity contribution in [1.29, 1.82) is 0 Å². The van der Waals surface area contributed by atoms with E-state index in [2.05, 4.69) is 5.10 Å². The van der Waals surface area contributed by atoms with E-state index in [0.29, 0.717) is 0 Å². The summed E-state index contributed by atoms with van der Waals surface area (Å²) in [5.74, 6) is -0.00393. The van der Waals surface area contributed by atoms with E-state index in [1.165, 1.54) is 0 Å². The van der Waals surface area contributed by atoms with Crippen LogP contribution in [0.3, 0.4) is 0 Å². The van der Waals surface area contributed by atoms with Crippen LogP contribution in [0.15, 0.2) is 29.4 Å². The molecule has 1 unspecified atom stereocenters. The van der Waals surface area contributed by atoms with Crippen molar-refractivity contribution in [3.8, 4) is 0 Å². The number of benzene rings is 1. The molecule has 3 nitrogen and oxygen atoms in total. The summed E-state index contributed by atoms with van der Waals surface area (Å²) < 4.78 is 0. The smallest absolute Gasteiger partial charge is 0.255 e. The van der Waals surface area contributed by atoms with Gasteiger partial charge in [0.15, 0.2) is 0 Å². The molecule has 84 valence electrons. The monoisotopic (exact) mass is 216 g/mol. The van der Waals surface area contributed by atoms with Gasteiger partial charge in [0.25, 0.3) is 5.91 Å². The van der Waals surface area contributed by atoms with Crippen LogP contribution in [0.1, 0.15) is 25.8 Å². The summed E-state index contributed by atoms with van der Waals surface area (Å²) in [5, 5.41) is 5.94. The molecule has 0 aliphatic carbocycles. The Morgan fingerprint density at radius 3 is 2.62 bits per heavy atom. The Morgan fingerprint density at radius 2 is 2.06 bits per heavy atom. The largest absolute Gasteiger partial charge is 0.272 e. The Morgan fingerprint density at radius 1 is 1.38 bits per heavy atom. The van der Waals surface area contributed by atoms with Gasteiger partial charge in [0.05, 0.1) is 17.3 Å². The lowest BCUT2D eigenvalue weighted by Gasteiger charge is -2.14. The highest BCUT2D eigenvalue weighted by atomic mass is 16.2. The number of aryl methyl sites for hydroxylation is 1. The van der Waals surface area contributed by atoms with E-state index in [1.54, 1.807) is 5.01 Å². The molecule has 0 saturated carbocycles. The van der Waals surface area contributed by atoms with Crippen LogP contribution in [-0.4, -0.2) is 11.6 Å². The van der Waals surface area contributed by atoms with Crippen LogP contribution < -0.4 is 5.01 Å². The van der Waals surface area contributed by atoms with Gasteiger partial charge in [0.2, 0.25) is 0 Å². The highest BCUT2D eigenvalue weighted by Gasteiger charge is 2.32. The minimum absolute atomic E-state index is 0.0751. The van der Waals surface area contributed by atoms with E-state index >= 15 is 0 Å². The van der Waals surface area contributed by atoms with Gasteiger partial charge in [-0.15, -0.1) is 0 Å². The van der Waals surface area contributed by atoms with Gasteiger partial charge in [0.1, 0.15) is 0 Å². The maximum absolute atomic E-state index is 12.0. The molecule has 0 spiro atoms. The number of hydrogen-bond acceptors (Lipinski definition) is 2.